The number of aryl methyl sites for hydroxylation is 1. The van der Waals surface area contributed by atoms with Gasteiger partial charge < -0.3 is 0 Å². The van der Waals surface area contributed by atoms with Gasteiger partial charge in [0.05, 0.1) is 10.2 Å². The van der Waals surface area contributed by atoms with Crippen LogP contribution < -0.4 is 0 Å². The Morgan fingerprint density at radius 1 is 1.15 bits per heavy atom. The van der Waals surface area contributed by atoms with Crippen LogP contribution in [-0.2, 0) is 0 Å². The molecule has 0 spiro atoms. The van der Waals surface area contributed by atoms with Crippen LogP contribution >= 0.6 is 15.9 Å². The van der Waals surface area contributed by atoms with Crippen molar-refractivity contribution in [2.24, 2.45) is 0 Å². The van der Waals surface area contributed by atoms with Crippen molar-refractivity contribution < 1.29 is 4.39 Å². The highest BCUT2D eigenvalue weighted by Gasteiger charge is 2.14. The van der Waals surface area contributed by atoms with Crippen molar-refractivity contribution in [2.45, 2.75) is 6.92 Å². The average Bonchev–Trinajstić information content (AvgIpc) is 2.93. The van der Waals surface area contributed by atoms with E-state index in [4.69, 9.17) is 0 Å². The van der Waals surface area contributed by atoms with Crippen LogP contribution in [-0.4, -0.2) is 20.2 Å². The van der Waals surface area contributed by atoms with Crippen molar-refractivity contribution in [3.05, 3.63) is 58.3 Å². The van der Waals surface area contributed by atoms with Gasteiger partial charge in [-0.3, -0.25) is 0 Å². The molecular formula is C14H10BrFN4. The average molecular weight is 333 g/mol. The highest BCUT2D eigenvalue weighted by molar-refractivity contribution is 9.10. The standard InChI is InChI=1S/C14H10BrFN4/c1-9-7-11(15)12(16)8-13(9)20-14(17-18-19-20)10-5-3-2-4-6-10/h2-8H,1H3. The lowest BCUT2D eigenvalue weighted by Crippen LogP contribution is -2.03. The van der Waals surface area contributed by atoms with Gasteiger partial charge in [-0.25, -0.2) is 4.39 Å². The summed E-state index contributed by atoms with van der Waals surface area (Å²) in [5.74, 6) is 0.232. The van der Waals surface area contributed by atoms with Crippen LogP contribution in [0.3, 0.4) is 0 Å². The molecule has 0 fully saturated rings. The van der Waals surface area contributed by atoms with Gasteiger partial charge in [0.2, 0.25) is 0 Å². The maximum absolute atomic E-state index is 13.8. The second-order valence-corrected chi connectivity index (χ2v) is 5.19. The largest absolute Gasteiger partial charge is 0.206 e. The van der Waals surface area contributed by atoms with Gasteiger partial charge in [0.25, 0.3) is 0 Å². The number of tetrazole rings is 1. The van der Waals surface area contributed by atoms with E-state index in [0.29, 0.717) is 16.0 Å². The second kappa shape index (κ2) is 5.13. The van der Waals surface area contributed by atoms with Gasteiger partial charge in [-0.2, -0.15) is 4.68 Å². The van der Waals surface area contributed by atoms with Crippen LogP contribution in [0.5, 0.6) is 0 Å². The van der Waals surface area contributed by atoms with Gasteiger partial charge in [0.1, 0.15) is 5.82 Å². The molecule has 20 heavy (non-hydrogen) atoms. The summed E-state index contributed by atoms with van der Waals surface area (Å²) < 4.78 is 15.7. The highest BCUT2D eigenvalue weighted by atomic mass is 79.9. The molecule has 4 nitrogen and oxygen atoms in total. The van der Waals surface area contributed by atoms with E-state index in [-0.39, 0.29) is 5.82 Å². The summed E-state index contributed by atoms with van der Waals surface area (Å²) in [6, 6.07) is 12.7. The predicted octanol–water partition coefficient (Wildman–Crippen LogP) is 3.54. The number of hydrogen-bond acceptors (Lipinski definition) is 3. The summed E-state index contributed by atoms with van der Waals surface area (Å²) in [6.07, 6.45) is 0. The van der Waals surface area contributed by atoms with E-state index < -0.39 is 0 Å². The van der Waals surface area contributed by atoms with Crippen LogP contribution in [0, 0.1) is 12.7 Å². The molecule has 0 radical (unpaired) electrons. The Labute approximate surface area is 123 Å². The van der Waals surface area contributed by atoms with Crippen LogP contribution in [0.4, 0.5) is 4.39 Å². The number of benzene rings is 2. The molecule has 0 aliphatic heterocycles. The minimum Gasteiger partial charge on any atom is -0.206 e. The van der Waals surface area contributed by atoms with E-state index >= 15 is 0 Å². The van der Waals surface area contributed by atoms with Crippen molar-refractivity contribution >= 4 is 15.9 Å². The smallest absolute Gasteiger partial charge is 0.187 e. The lowest BCUT2D eigenvalue weighted by molar-refractivity contribution is 0.617. The van der Waals surface area contributed by atoms with Crippen molar-refractivity contribution in [1.82, 2.24) is 20.2 Å². The van der Waals surface area contributed by atoms with Gasteiger partial charge in [0, 0.05) is 11.6 Å². The predicted molar refractivity (Wildman–Crippen MR) is 77.0 cm³/mol. The summed E-state index contributed by atoms with van der Waals surface area (Å²) >= 11 is 3.17. The molecule has 0 aliphatic carbocycles. The number of nitrogens with zero attached hydrogens (tertiary/aromatic N) is 4. The van der Waals surface area contributed by atoms with Crippen molar-refractivity contribution in [1.29, 1.82) is 0 Å². The third-order valence-corrected chi connectivity index (χ3v) is 3.58. The fourth-order valence-electron chi connectivity index (χ4n) is 1.98. The molecule has 1 aromatic heterocycles. The topological polar surface area (TPSA) is 43.6 Å². The monoisotopic (exact) mass is 332 g/mol. The quantitative estimate of drug-likeness (QED) is 0.720. The number of hydrogen-bond donors (Lipinski definition) is 0. The zero-order valence-corrected chi connectivity index (χ0v) is 12.2. The van der Waals surface area contributed by atoms with E-state index in [2.05, 4.69) is 31.5 Å². The molecule has 0 saturated carbocycles. The Kier molecular flexibility index (Phi) is 3.31. The molecule has 3 aromatic rings. The molecule has 2 aromatic carbocycles. The van der Waals surface area contributed by atoms with E-state index in [1.165, 1.54) is 6.07 Å². The molecule has 0 unspecified atom stereocenters. The Morgan fingerprint density at radius 2 is 1.90 bits per heavy atom. The van der Waals surface area contributed by atoms with E-state index in [1.54, 1.807) is 10.7 Å². The zero-order valence-electron chi connectivity index (χ0n) is 10.6. The first-order chi connectivity index (χ1) is 9.66. The van der Waals surface area contributed by atoms with Crippen molar-refractivity contribution in [3.8, 4) is 17.1 Å². The maximum Gasteiger partial charge on any atom is 0.187 e. The van der Waals surface area contributed by atoms with Crippen LogP contribution in [0.1, 0.15) is 5.56 Å². The molecule has 0 N–H and O–H groups in total. The van der Waals surface area contributed by atoms with Gasteiger partial charge >= 0.3 is 0 Å². The zero-order chi connectivity index (χ0) is 14.1. The Bertz CT molecular complexity index is 755. The third kappa shape index (κ3) is 2.22. The molecule has 100 valence electrons. The number of halogens is 2. The van der Waals surface area contributed by atoms with Crippen LogP contribution in [0.25, 0.3) is 17.1 Å². The van der Waals surface area contributed by atoms with Gasteiger partial charge in [-0.05, 0) is 44.9 Å². The molecule has 0 saturated heterocycles. The normalized spacial score (nSPS) is 10.8. The minimum atomic E-state index is -0.347. The number of rotatable bonds is 2. The van der Waals surface area contributed by atoms with Crippen LogP contribution in [0.2, 0.25) is 0 Å². The molecule has 0 atom stereocenters. The van der Waals surface area contributed by atoms with Gasteiger partial charge in [-0.15, -0.1) is 5.10 Å². The van der Waals surface area contributed by atoms with Gasteiger partial charge in [-0.1, -0.05) is 30.3 Å². The molecule has 0 amide bonds. The minimum absolute atomic E-state index is 0.347. The SMILES string of the molecule is Cc1cc(Br)c(F)cc1-n1nnnc1-c1ccccc1. The summed E-state index contributed by atoms with van der Waals surface area (Å²) in [6.45, 7) is 1.88. The third-order valence-electron chi connectivity index (χ3n) is 2.97. The highest BCUT2D eigenvalue weighted by Crippen LogP contribution is 2.25. The fourth-order valence-corrected chi connectivity index (χ4v) is 2.44. The first kappa shape index (κ1) is 12.9. The van der Waals surface area contributed by atoms with Gasteiger partial charge in [0.15, 0.2) is 5.82 Å². The first-order valence-corrected chi connectivity index (χ1v) is 6.76. The molecule has 6 heteroatoms. The van der Waals surface area contributed by atoms with Crippen molar-refractivity contribution in [3.63, 3.8) is 0 Å². The fraction of sp³-hybridized carbons (Fsp3) is 0.0714. The maximum atomic E-state index is 13.8. The Morgan fingerprint density at radius 3 is 2.65 bits per heavy atom. The lowest BCUT2D eigenvalue weighted by atomic mass is 10.1. The van der Waals surface area contributed by atoms with E-state index in [1.807, 2.05) is 37.3 Å². The lowest BCUT2D eigenvalue weighted by Gasteiger charge is -2.09. The number of aromatic nitrogens is 4. The molecule has 1 heterocycles. The Balaban J connectivity index is 2.18. The summed E-state index contributed by atoms with van der Waals surface area (Å²) in [5.41, 5.74) is 2.37. The molecule has 0 bridgehead atoms. The second-order valence-electron chi connectivity index (χ2n) is 4.33. The van der Waals surface area contributed by atoms with E-state index in [9.17, 15) is 4.39 Å². The summed E-state index contributed by atoms with van der Waals surface area (Å²) in [4.78, 5) is 0. The Hall–Kier alpha value is -2.08. The molecular weight excluding hydrogens is 323 g/mol. The van der Waals surface area contributed by atoms with Crippen molar-refractivity contribution in [2.75, 3.05) is 0 Å². The summed E-state index contributed by atoms with van der Waals surface area (Å²) in [7, 11) is 0. The van der Waals surface area contributed by atoms with Crippen LogP contribution in [0.15, 0.2) is 46.9 Å². The first-order valence-electron chi connectivity index (χ1n) is 5.96. The molecule has 0 aliphatic rings. The molecule has 3 rings (SSSR count). The summed E-state index contributed by atoms with van der Waals surface area (Å²) in [5, 5.41) is 11.7. The van der Waals surface area contributed by atoms with E-state index in [0.717, 1.165) is 11.1 Å².